The van der Waals surface area contributed by atoms with Gasteiger partial charge in [-0.1, -0.05) is 35.9 Å². The van der Waals surface area contributed by atoms with Crippen molar-refractivity contribution in [3.8, 4) is 5.75 Å². The van der Waals surface area contributed by atoms with Gasteiger partial charge in [0.05, 0.1) is 0 Å². The summed E-state index contributed by atoms with van der Waals surface area (Å²) < 4.78 is 5.38. The molecule has 0 atom stereocenters. The molecule has 0 aliphatic carbocycles. The number of ether oxygens (including phenoxy) is 1. The van der Waals surface area contributed by atoms with Crippen LogP contribution in [0.4, 0.5) is 17.3 Å². The fraction of sp³-hybridized carbons (Fsp3) is 0.105. The van der Waals surface area contributed by atoms with Crippen molar-refractivity contribution in [1.29, 1.82) is 0 Å². The molecule has 132 valence electrons. The van der Waals surface area contributed by atoms with Crippen molar-refractivity contribution in [3.05, 3.63) is 71.2 Å². The van der Waals surface area contributed by atoms with Crippen LogP contribution in [0.2, 0.25) is 5.02 Å². The van der Waals surface area contributed by atoms with Crippen LogP contribution in [-0.4, -0.2) is 22.7 Å². The average molecular weight is 369 g/mol. The molecule has 0 saturated heterocycles. The van der Waals surface area contributed by atoms with E-state index in [-0.39, 0.29) is 12.5 Å². The predicted octanol–water partition coefficient (Wildman–Crippen LogP) is 4.20. The second-order valence-corrected chi connectivity index (χ2v) is 5.95. The standard InChI is InChI=1S/C19H17ClN4O2/c1-13-7-8-14(11-16(13)20)21-17-9-10-18(24-23-17)22-19(25)12-26-15-5-3-2-4-6-15/h2-11H,12H2,1H3,(H,21,23)(H,22,24,25). The number of hydrogen-bond acceptors (Lipinski definition) is 5. The van der Waals surface area contributed by atoms with Crippen LogP contribution >= 0.6 is 11.6 Å². The second-order valence-electron chi connectivity index (χ2n) is 5.54. The lowest BCUT2D eigenvalue weighted by atomic mass is 10.2. The minimum absolute atomic E-state index is 0.104. The lowest BCUT2D eigenvalue weighted by Gasteiger charge is -2.08. The molecule has 0 spiro atoms. The topological polar surface area (TPSA) is 76.1 Å². The second kappa shape index (κ2) is 8.31. The highest BCUT2D eigenvalue weighted by Gasteiger charge is 2.06. The van der Waals surface area contributed by atoms with Crippen molar-refractivity contribution in [2.75, 3.05) is 17.2 Å². The van der Waals surface area contributed by atoms with Crippen LogP contribution in [0.15, 0.2) is 60.7 Å². The number of rotatable bonds is 6. The Labute approximate surface area is 156 Å². The number of anilines is 3. The van der Waals surface area contributed by atoms with E-state index in [9.17, 15) is 4.79 Å². The van der Waals surface area contributed by atoms with Crippen molar-refractivity contribution in [1.82, 2.24) is 10.2 Å². The first-order valence-corrected chi connectivity index (χ1v) is 8.32. The first-order valence-electron chi connectivity index (χ1n) is 7.95. The van der Waals surface area contributed by atoms with Gasteiger partial charge in [-0.3, -0.25) is 4.79 Å². The normalized spacial score (nSPS) is 10.2. The molecule has 1 heterocycles. The third kappa shape index (κ3) is 4.94. The Morgan fingerprint density at radius 1 is 1.04 bits per heavy atom. The molecule has 0 aliphatic rings. The van der Waals surface area contributed by atoms with E-state index in [0.717, 1.165) is 11.3 Å². The fourth-order valence-electron chi connectivity index (χ4n) is 2.13. The Kier molecular flexibility index (Phi) is 5.66. The van der Waals surface area contributed by atoms with Crippen LogP contribution in [0.1, 0.15) is 5.56 Å². The zero-order valence-electron chi connectivity index (χ0n) is 14.1. The number of benzene rings is 2. The Morgan fingerprint density at radius 2 is 1.77 bits per heavy atom. The minimum atomic E-state index is -0.311. The van der Waals surface area contributed by atoms with Gasteiger partial charge in [-0.2, -0.15) is 0 Å². The van der Waals surface area contributed by atoms with Crippen LogP contribution in [0.3, 0.4) is 0 Å². The number of carbonyl (C=O) groups is 1. The van der Waals surface area contributed by atoms with Crippen molar-refractivity contribution in [2.24, 2.45) is 0 Å². The van der Waals surface area contributed by atoms with E-state index in [1.54, 1.807) is 24.3 Å². The summed E-state index contributed by atoms with van der Waals surface area (Å²) in [6, 6.07) is 18.1. The van der Waals surface area contributed by atoms with Gasteiger partial charge >= 0.3 is 0 Å². The van der Waals surface area contributed by atoms with Crippen LogP contribution < -0.4 is 15.4 Å². The van der Waals surface area contributed by atoms with Gasteiger partial charge in [0.1, 0.15) is 5.75 Å². The zero-order valence-corrected chi connectivity index (χ0v) is 14.8. The number of aromatic nitrogens is 2. The van der Waals surface area contributed by atoms with E-state index in [0.29, 0.717) is 22.4 Å². The smallest absolute Gasteiger partial charge is 0.263 e. The number of carbonyl (C=O) groups excluding carboxylic acids is 1. The van der Waals surface area contributed by atoms with Gasteiger partial charge in [-0.15, -0.1) is 10.2 Å². The summed E-state index contributed by atoms with van der Waals surface area (Å²) in [5.41, 5.74) is 1.81. The molecule has 0 aliphatic heterocycles. The summed E-state index contributed by atoms with van der Waals surface area (Å²) in [4.78, 5) is 11.9. The number of aryl methyl sites for hydroxylation is 1. The molecule has 26 heavy (non-hydrogen) atoms. The number of nitrogens with zero attached hydrogens (tertiary/aromatic N) is 2. The van der Waals surface area contributed by atoms with Crippen molar-refractivity contribution >= 4 is 34.8 Å². The molecule has 3 rings (SSSR count). The molecular weight excluding hydrogens is 352 g/mol. The van der Waals surface area contributed by atoms with Crippen LogP contribution in [0.25, 0.3) is 0 Å². The van der Waals surface area contributed by atoms with Gasteiger partial charge < -0.3 is 15.4 Å². The van der Waals surface area contributed by atoms with Gasteiger partial charge in [0.25, 0.3) is 5.91 Å². The molecule has 7 heteroatoms. The number of hydrogen-bond donors (Lipinski definition) is 2. The van der Waals surface area contributed by atoms with E-state index in [1.807, 2.05) is 43.3 Å². The summed E-state index contributed by atoms with van der Waals surface area (Å²) in [7, 11) is 0. The monoisotopic (exact) mass is 368 g/mol. The minimum Gasteiger partial charge on any atom is -0.484 e. The lowest BCUT2D eigenvalue weighted by Crippen LogP contribution is -2.21. The van der Waals surface area contributed by atoms with Crippen LogP contribution in [0.5, 0.6) is 5.75 Å². The maximum atomic E-state index is 11.9. The maximum absolute atomic E-state index is 11.9. The number of nitrogens with one attached hydrogen (secondary N) is 2. The van der Waals surface area contributed by atoms with Crippen LogP contribution in [-0.2, 0) is 4.79 Å². The van der Waals surface area contributed by atoms with E-state index in [4.69, 9.17) is 16.3 Å². The molecule has 2 aromatic carbocycles. The van der Waals surface area contributed by atoms with Crippen molar-refractivity contribution in [3.63, 3.8) is 0 Å². The molecular formula is C19H17ClN4O2. The number of amides is 1. The van der Waals surface area contributed by atoms with Gasteiger partial charge in [-0.05, 0) is 48.9 Å². The Morgan fingerprint density at radius 3 is 2.46 bits per heavy atom. The van der Waals surface area contributed by atoms with E-state index >= 15 is 0 Å². The summed E-state index contributed by atoms with van der Waals surface area (Å²) in [6.07, 6.45) is 0. The molecule has 1 aromatic heterocycles. The van der Waals surface area contributed by atoms with Gasteiger partial charge in [0.15, 0.2) is 18.2 Å². The van der Waals surface area contributed by atoms with E-state index in [1.165, 1.54) is 0 Å². The summed E-state index contributed by atoms with van der Waals surface area (Å²) in [6.45, 7) is 1.83. The van der Waals surface area contributed by atoms with Gasteiger partial charge in [-0.25, -0.2) is 0 Å². The summed E-state index contributed by atoms with van der Waals surface area (Å²) >= 11 is 6.10. The highest BCUT2D eigenvalue weighted by molar-refractivity contribution is 6.31. The molecule has 0 radical (unpaired) electrons. The third-order valence-electron chi connectivity index (χ3n) is 3.49. The zero-order chi connectivity index (χ0) is 18.4. The molecule has 1 amide bonds. The van der Waals surface area contributed by atoms with Crippen molar-refractivity contribution < 1.29 is 9.53 Å². The highest BCUT2D eigenvalue weighted by Crippen LogP contribution is 2.22. The largest absolute Gasteiger partial charge is 0.484 e. The first kappa shape index (κ1) is 17.7. The third-order valence-corrected chi connectivity index (χ3v) is 3.90. The number of halogens is 1. The molecule has 0 fully saturated rings. The molecule has 0 unspecified atom stereocenters. The van der Waals surface area contributed by atoms with Crippen LogP contribution in [0, 0.1) is 6.92 Å². The predicted molar refractivity (Wildman–Crippen MR) is 102 cm³/mol. The van der Waals surface area contributed by atoms with E-state index < -0.39 is 0 Å². The van der Waals surface area contributed by atoms with Gasteiger partial charge in [0.2, 0.25) is 0 Å². The Balaban J connectivity index is 1.53. The van der Waals surface area contributed by atoms with E-state index in [2.05, 4.69) is 20.8 Å². The highest BCUT2D eigenvalue weighted by atomic mass is 35.5. The first-order chi connectivity index (χ1) is 12.6. The van der Waals surface area contributed by atoms with Crippen molar-refractivity contribution in [2.45, 2.75) is 6.92 Å². The molecule has 0 bridgehead atoms. The maximum Gasteiger partial charge on any atom is 0.263 e. The number of para-hydroxylation sites is 1. The molecule has 0 saturated carbocycles. The van der Waals surface area contributed by atoms with Gasteiger partial charge in [0, 0.05) is 10.7 Å². The summed E-state index contributed by atoms with van der Waals surface area (Å²) in [5.74, 6) is 1.21. The molecule has 2 N–H and O–H groups in total. The quantitative estimate of drug-likeness (QED) is 0.682. The molecule has 6 nitrogen and oxygen atoms in total. The Hall–Kier alpha value is -3.12. The lowest BCUT2D eigenvalue weighted by molar-refractivity contribution is -0.118. The molecule has 3 aromatic rings. The Bertz CT molecular complexity index is 886. The fourth-order valence-corrected chi connectivity index (χ4v) is 2.31. The SMILES string of the molecule is Cc1ccc(Nc2ccc(NC(=O)COc3ccccc3)nn2)cc1Cl. The average Bonchev–Trinajstić information content (AvgIpc) is 2.65. The summed E-state index contributed by atoms with van der Waals surface area (Å²) in [5, 5.41) is 14.4.